The number of hydrogen-bond acceptors (Lipinski definition) is 6. The van der Waals surface area contributed by atoms with E-state index in [0.29, 0.717) is 34.2 Å². The normalized spacial score (nSPS) is 10.3. The molecule has 0 fully saturated rings. The highest BCUT2D eigenvalue weighted by Gasteiger charge is 2.16. The van der Waals surface area contributed by atoms with Crippen molar-refractivity contribution in [1.82, 2.24) is 0 Å². The van der Waals surface area contributed by atoms with Gasteiger partial charge in [0, 0.05) is 12.0 Å². The number of carbonyl (C=O) groups is 3. The minimum atomic E-state index is -0.395. The molecule has 0 spiro atoms. The predicted molar refractivity (Wildman–Crippen MR) is 100 cm³/mol. The summed E-state index contributed by atoms with van der Waals surface area (Å²) in [5.41, 5.74) is 1.37. The number of anilines is 1. The van der Waals surface area contributed by atoms with Crippen LogP contribution in [0.25, 0.3) is 0 Å². The predicted octanol–water partition coefficient (Wildman–Crippen LogP) is 3.84. The maximum absolute atomic E-state index is 12.0. The Kier molecular flexibility index (Phi) is 6.91. The minimum Gasteiger partial charge on any atom is -0.484 e. The van der Waals surface area contributed by atoms with E-state index < -0.39 is 5.97 Å². The Morgan fingerprint density at radius 1 is 1.12 bits per heavy atom. The van der Waals surface area contributed by atoms with Gasteiger partial charge in [-0.15, -0.1) is 11.3 Å². The third-order valence-electron chi connectivity index (χ3n) is 3.51. The highest BCUT2D eigenvalue weighted by atomic mass is 32.1. The van der Waals surface area contributed by atoms with Crippen molar-refractivity contribution < 1.29 is 23.9 Å². The van der Waals surface area contributed by atoms with Crippen molar-refractivity contribution in [3.8, 4) is 5.75 Å². The molecule has 2 aromatic rings. The molecular formula is C19H21NO5S. The summed E-state index contributed by atoms with van der Waals surface area (Å²) in [6.07, 6.45) is 0.441. The summed E-state index contributed by atoms with van der Waals surface area (Å²) >= 11 is 1.17. The molecular weight excluding hydrogens is 354 g/mol. The van der Waals surface area contributed by atoms with Gasteiger partial charge in [-0.2, -0.15) is 0 Å². The van der Waals surface area contributed by atoms with Gasteiger partial charge in [-0.25, -0.2) is 4.79 Å². The fourth-order valence-corrected chi connectivity index (χ4v) is 3.19. The molecule has 0 aliphatic heterocycles. The van der Waals surface area contributed by atoms with Crippen LogP contribution in [0.1, 0.15) is 45.9 Å². The van der Waals surface area contributed by atoms with Crippen LogP contribution in [-0.4, -0.2) is 30.9 Å². The molecule has 2 rings (SSSR count). The van der Waals surface area contributed by atoms with Crippen LogP contribution in [0.2, 0.25) is 0 Å². The third kappa shape index (κ3) is 5.16. The van der Waals surface area contributed by atoms with Crippen LogP contribution in [-0.2, 0) is 9.53 Å². The lowest BCUT2D eigenvalue weighted by molar-refractivity contribution is -0.118. The van der Waals surface area contributed by atoms with Gasteiger partial charge in [-0.3, -0.25) is 9.59 Å². The molecule has 0 saturated carbocycles. The van der Waals surface area contributed by atoms with Crippen LogP contribution in [0.3, 0.4) is 0 Å². The van der Waals surface area contributed by atoms with E-state index in [0.717, 1.165) is 5.56 Å². The summed E-state index contributed by atoms with van der Waals surface area (Å²) in [6.45, 7) is 5.46. The Labute approximate surface area is 156 Å². The second-order valence-electron chi connectivity index (χ2n) is 5.48. The van der Waals surface area contributed by atoms with Crippen molar-refractivity contribution in [2.75, 3.05) is 18.5 Å². The average Bonchev–Trinajstić information content (AvgIpc) is 3.00. The van der Waals surface area contributed by atoms with E-state index in [2.05, 4.69) is 5.32 Å². The number of thiophene rings is 1. The zero-order valence-electron chi connectivity index (χ0n) is 15.0. The molecule has 7 heteroatoms. The van der Waals surface area contributed by atoms with E-state index >= 15 is 0 Å². The number of hydrogen-bond donors (Lipinski definition) is 1. The zero-order chi connectivity index (χ0) is 19.1. The van der Waals surface area contributed by atoms with E-state index in [1.165, 1.54) is 11.3 Å². The monoisotopic (exact) mass is 375 g/mol. The molecule has 0 aliphatic carbocycles. The van der Waals surface area contributed by atoms with Gasteiger partial charge >= 0.3 is 5.97 Å². The summed E-state index contributed by atoms with van der Waals surface area (Å²) in [5, 5.41) is 3.26. The molecule has 1 amide bonds. The first-order valence-corrected chi connectivity index (χ1v) is 9.09. The van der Waals surface area contributed by atoms with Crippen molar-refractivity contribution in [3.05, 3.63) is 46.3 Å². The maximum atomic E-state index is 12.0. The van der Waals surface area contributed by atoms with Crippen LogP contribution in [0.15, 0.2) is 30.3 Å². The van der Waals surface area contributed by atoms with Crippen molar-refractivity contribution in [2.24, 2.45) is 0 Å². The zero-order valence-corrected chi connectivity index (χ0v) is 15.8. The van der Waals surface area contributed by atoms with Crippen molar-refractivity contribution >= 4 is 34.0 Å². The molecule has 1 aromatic carbocycles. The van der Waals surface area contributed by atoms with Crippen LogP contribution >= 0.6 is 11.3 Å². The molecule has 1 aromatic heterocycles. The van der Waals surface area contributed by atoms with Crippen molar-refractivity contribution in [1.29, 1.82) is 0 Å². The Balaban J connectivity index is 1.90. The Morgan fingerprint density at radius 2 is 1.81 bits per heavy atom. The fourth-order valence-electron chi connectivity index (χ4n) is 2.21. The maximum Gasteiger partial charge on any atom is 0.348 e. The fraction of sp³-hybridized carbons (Fsp3) is 0.316. The van der Waals surface area contributed by atoms with Gasteiger partial charge < -0.3 is 14.8 Å². The topological polar surface area (TPSA) is 81.7 Å². The van der Waals surface area contributed by atoms with E-state index in [1.807, 2.05) is 0 Å². The lowest BCUT2D eigenvalue weighted by atomic mass is 10.1. The van der Waals surface area contributed by atoms with Gasteiger partial charge in [0.15, 0.2) is 12.4 Å². The molecule has 0 radical (unpaired) electrons. The number of aryl methyl sites for hydroxylation is 1. The quantitative estimate of drug-likeness (QED) is 0.560. The van der Waals surface area contributed by atoms with Gasteiger partial charge in [0.05, 0.1) is 11.6 Å². The van der Waals surface area contributed by atoms with Gasteiger partial charge in [-0.1, -0.05) is 6.92 Å². The number of benzene rings is 1. The van der Waals surface area contributed by atoms with Crippen molar-refractivity contribution in [3.63, 3.8) is 0 Å². The highest BCUT2D eigenvalue weighted by Crippen LogP contribution is 2.27. The lowest BCUT2D eigenvalue weighted by Crippen LogP contribution is -2.19. The van der Waals surface area contributed by atoms with Gasteiger partial charge in [0.2, 0.25) is 0 Å². The summed E-state index contributed by atoms with van der Waals surface area (Å²) in [6, 6.07) is 8.38. The molecule has 0 unspecified atom stereocenters. The van der Waals surface area contributed by atoms with Gasteiger partial charge in [-0.05, 0) is 49.7 Å². The number of rotatable bonds is 8. The smallest absolute Gasteiger partial charge is 0.348 e. The average molecular weight is 375 g/mol. The summed E-state index contributed by atoms with van der Waals surface area (Å²) < 4.78 is 10.4. The number of ether oxygens (including phenoxy) is 2. The van der Waals surface area contributed by atoms with Crippen molar-refractivity contribution in [2.45, 2.75) is 27.2 Å². The second-order valence-corrected chi connectivity index (χ2v) is 6.53. The van der Waals surface area contributed by atoms with Crippen LogP contribution in [0, 0.1) is 6.92 Å². The van der Waals surface area contributed by atoms with E-state index in [9.17, 15) is 14.4 Å². The molecule has 0 saturated heterocycles. The van der Waals surface area contributed by atoms with Gasteiger partial charge in [0.25, 0.3) is 5.91 Å². The summed E-state index contributed by atoms with van der Waals surface area (Å²) in [5.74, 6) is -0.175. The molecule has 1 N–H and O–H groups in total. The number of amides is 1. The van der Waals surface area contributed by atoms with E-state index in [-0.39, 0.29) is 18.3 Å². The third-order valence-corrected chi connectivity index (χ3v) is 4.64. The Bertz CT molecular complexity index is 795. The largest absolute Gasteiger partial charge is 0.484 e. The number of esters is 1. The second kappa shape index (κ2) is 9.15. The first kappa shape index (κ1) is 19.7. The highest BCUT2D eigenvalue weighted by molar-refractivity contribution is 7.18. The number of carbonyl (C=O) groups excluding carboxylic acids is 3. The number of nitrogens with one attached hydrogen (secondary N) is 1. The first-order chi connectivity index (χ1) is 12.4. The van der Waals surface area contributed by atoms with E-state index in [4.69, 9.17) is 9.47 Å². The molecule has 0 bridgehead atoms. The van der Waals surface area contributed by atoms with E-state index in [1.54, 1.807) is 51.1 Å². The van der Waals surface area contributed by atoms with Crippen LogP contribution in [0.5, 0.6) is 5.75 Å². The molecule has 6 nitrogen and oxygen atoms in total. The minimum absolute atomic E-state index is 0.0553. The molecule has 1 heterocycles. The lowest BCUT2D eigenvalue weighted by Gasteiger charge is -2.07. The van der Waals surface area contributed by atoms with Crippen LogP contribution < -0.4 is 10.1 Å². The Morgan fingerprint density at radius 3 is 2.42 bits per heavy atom. The first-order valence-electron chi connectivity index (χ1n) is 8.28. The van der Waals surface area contributed by atoms with Crippen LogP contribution in [0.4, 0.5) is 5.00 Å². The number of Topliss-reactive ketones (excluding diaryl/α,β-unsaturated/α-hetero) is 1. The molecule has 0 atom stereocenters. The molecule has 26 heavy (non-hydrogen) atoms. The summed E-state index contributed by atoms with van der Waals surface area (Å²) in [7, 11) is 0. The standard InChI is InChI=1S/C19H21NO5S/c1-4-15(21)13-6-8-14(9-7-13)25-11-16(22)20-17-10-12(3)18(26-17)19(23)24-5-2/h6-10H,4-5,11H2,1-3H3,(H,20,22). The molecule has 138 valence electrons. The SMILES string of the molecule is CCOC(=O)c1sc(NC(=O)COc2ccc(C(=O)CC)cc2)cc1C. The Hall–Kier alpha value is -2.67. The summed E-state index contributed by atoms with van der Waals surface area (Å²) in [4.78, 5) is 35.9. The number of ketones is 1. The molecule has 0 aliphatic rings. The van der Waals surface area contributed by atoms with Gasteiger partial charge in [0.1, 0.15) is 10.6 Å².